The Morgan fingerprint density at radius 3 is 2.55 bits per heavy atom. The molecule has 1 heterocycles. The van der Waals surface area contributed by atoms with Crippen molar-refractivity contribution in [2.75, 3.05) is 13.2 Å². The molecule has 0 aliphatic rings. The molecule has 0 atom stereocenters. The third-order valence-corrected chi connectivity index (χ3v) is 5.17. The zero-order valence-corrected chi connectivity index (χ0v) is 17.4. The van der Waals surface area contributed by atoms with Crippen LogP contribution in [0.5, 0.6) is 5.75 Å². The number of benzene rings is 3. The van der Waals surface area contributed by atoms with Gasteiger partial charge in [-0.2, -0.15) is 0 Å². The van der Waals surface area contributed by atoms with E-state index in [-0.39, 0.29) is 18.8 Å². The number of aliphatic hydroxyl groups excluding tert-OH is 1. The van der Waals surface area contributed by atoms with Crippen LogP contribution in [-0.2, 0) is 0 Å². The zero-order valence-electron chi connectivity index (χ0n) is 15.8. The van der Waals surface area contributed by atoms with E-state index in [1.54, 1.807) is 10.6 Å². The van der Waals surface area contributed by atoms with E-state index in [0.29, 0.717) is 22.5 Å². The van der Waals surface area contributed by atoms with Crippen molar-refractivity contribution in [3.63, 3.8) is 0 Å². The van der Waals surface area contributed by atoms with Crippen molar-refractivity contribution in [1.82, 2.24) is 9.55 Å². The average Bonchev–Trinajstić information content (AvgIpc) is 2.74. The first-order valence-electron chi connectivity index (χ1n) is 9.21. The van der Waals surface area contributed by atoms with Gasteiger partial charge in [0.15, 0.2) is 0 Å². The van der Waals surface area contributed by atoms with Crippen LogP contribution in [0, 0.1) is 6.92 Å². The first-order valence-corrected chi connectivity index (χ1v) is 10.00. The summed E-state index contributed by atoms with van der Waals surface area (Å²) in [7, 11) is 0. The van der Waals surface area contributed by atoms with Crippen LogP contribution < -0.4 is 10.3 Å². The minimum Gasteiger partial charge on any atom is -0.491 e. The van der Waals surface area contributed by atoms with E-state index in [0.717, 1.165) is 21.3 Å². The minimum atomic E-state index is -0.119. The Morgan fingerprint density at radius 2 is 1.83 bits per heavy atom. The molecular weight excluding hydrogens is 432 g/mol. The molecule has 0 radical (unpaired) electrons. The number of hydrogen-bond donors (Lipinski definition) is 1. The molecule has 3 aromatic carbocycles. The third-order valence-electron chi connectivity index (χ3n) is 4.64. The van der Waals surface area contributed by atoms with Crippen molar-refractivity contribution in [3.05, 3.63) is 87.1 Å². The van der Waals surface area contributed by atoms with Crippen molar-refractivity contribution in [2.45, 2.75) is 6.92 Å². The number of aliphatic hydroxyl groups is 1. The minimum absolute atomic E-state index is 0.0451. The summed E-state index contributed by atoms with van der Waals surface area (Å²) in [5.41, 5.74) is 2.99. The summed E-state index contributed by atoms with van der Waals surface area (Å²) in [6, 6.07) is 20.6. The largest absolute Gasteiger partial charge is 0.491 e. The number of hydrogen-bond acceptors (Lipinski definition) is 4. The summed E-state index contributed by atoms with van der Waals surface area (Å²) in [6.45, 7) is 2.12. The maximum atomic E-state index is 13.4. The van der Waals surface area contributed by atoms with Crippen molar-refractivity contribution >= 4 is 26.8 Å². The van der Waals surface area contributed by atoms with Gasteiger partial charge in [-0.3, -0.25) is 9.36 Å². The van der Waals surface area contributed by atoms with Gasteiger partial charge in [-0.05, 0) is 67.1 Å². The van der Waals surface area contributed by atoms with Gasteiger partial charge in [-0.15, -0.1) is 0 Å². The van der Waals surface area contributed by atoms with Crippen LogP contribution in [0.2, 0.25) is 0 Å². The van der Waals surface area contributed by atoms with Crippen molar-refractivity contribution in [1.29, 1.82) is 0 Å². The second-order valence-electron chi connectivity index (χ2n) is 6.62. The predicted molar refractivity (Wildman–Crippen MR) is 118 cm³/mol. The maximum absolute atomic E-state index is 13.4. The van der Waals surface area contributed by atoms with Crippen LogP contribution in [0.1, 0.15) is 5.56 Å². The number of para-hydroxylation sites is 1. The lowest BCUT2D eigenvalue weighted by atomic mass is 10.1. The predicted octanol–water partition coefficient (Wildman–Crippen LogP) is 4.49. The Bertz CT molecular complexity index is 1230. The van der Waals surface area contributed by atoms with Gasteiger partial charge < -0.3 is 9.84 Å². The smallest absolute Gasteiger partial charge is 0.266 e. The molecule has 146 valence electrons. The number of aromatic nitrogens is 2. The van der Waals surface area contributed by atoms with Crippen LogP contribution in [-0.4, -0.2) is 27.9 Å². The lowest BCUT2D eigenvalue weighted by Gasteiger charge is -2.15. The Balaban J connectivity index is 1.96. The highest BCUT2D eigenvalue weighted by molar-refractivity contribution is 9.10. The Labute approximate surface area is 176 Å². The van der Waals surface area contributed by atoms with E-state index >= 15 is 0 Å². The molecule has 4 rings (SSSR count). The highest BCUT2D eigenvalue weighted by Gasteiger charge is 2.15. The summed E-state index contributed by atoms with van der Waals surface area (Å²) in [4.78, 5) is 18.2. The summed E-state index contributed by atoms with van der Waals surface area (Å²) in [5.74, 6) is 1.26. The molecule has 0 aliphatic carbocycles. The van der Waals surface area contributed by atoms with Gasteiger partial charge in [-0.1, -0.05) is 28.1 Å². The van der Waals surface area contributed by atoms with E-state index in [2.05, 4.69) is 15.9 Å². The summed E-state index contributed by atoms with van der Waals surface area (Å²) in [6.07, 6.45) is 0. The van der Waals surface area contributed by atoms with Gasteiger partial charge in [0.05, 0.1) is 23.2 Å². The Kier molecular flexibility index (Phi) is 5.47. The molecule has 0 fully saturated rings. The molecule has 0 aliphatic heterocycles. The molecule has 29 heavy (non-hydrogen) atoms. The molecule has 4 aromatic rings. The molecule has 6 heteroatoms. The van der Waals surface area contributed by atoms with Crippen LogP contribution in [0.15, 0.2) is 76.0 Å². The van der Waals surface area contributed by atoms with Crippen molar-refractivity contribution in [3.8, 4) is 22.8 Å². The molecule has 1 aromatic heterocycles. The molecule has 0 saturated carbocycles. The number of rotatable bonds is 5. The Morgan fingerprint density at radius 1 is 1.07 bits per heavy atom. The van der Waals surface area contributed by atoms with Crippen molar-refractivity contribution in [2.24, 2.45) is 0 Å². The standard InChI is InChI=1S/C23H19BrN2O3/c1-15-14-16(6-11-21(15)29-13-12-27)22-25-20-5-3-2-4-19(20)23(28)26(22)18-9-7-17(24)8-10-18/h2-11,14,27H,12-13H2,1H3. The van der Waals surface area contributed by atoms with Gasteiger partial charge in [0.2, 0.25) is 0 Å². The summed E-state index contributed by atoms with van der Waals surface area (Å²) in [5, 5.41) is 9.56. The van der Waals surface area contributed by atoms with Gasteiger partial charge in [0.1, 0.15) is 18.2 Å². The lowest BCUT2D eigenvalue weighted by molar-refractivity contribution is 0.200. The molecule has 1 N–H and O–H groups in total. The number of halogens is 1. The second-order valence-corrected chi connectivity index (χ2v) is 7.54. The highest BCUT2D eigenvalue weighted by atomic mass is 79.9. The number of fused-ring (bicyclic) bond motifs is 1. The normalized spacial score (nSPS) is 11.0. The molecule has 0 amide bonds. The molecule has 5 nitrogen and oxygen atoms in total. The molecule has 0 spiro atoms. The monoisotopic (exact) mass is 450 g/mol. The Hall–Kier alpha value is -2.96. The fourth-order valence-corrected chi connectivity index (χ4v) is 3.53. The molecule has 0 saturated heterocycles. The topological polar surface area (TPSA) is 64.4 Å². The quantitative estimate of drug-likeness (QED) is 0.486. The van der Waals surface area contributed by atoms with E-state index in [1.807, 2.05) is 67.6 Å². The van der Waals surface area contributed by atoms with Crippen LogP contribution in [0.25, 0.3) is 28.0 Å². The van der Waals surface area contributed by atoms with Crippen LogP contribution >= 0.6 is 15.9 Å². The van der Waals surface area contributed by atoms with E-state index in [4.69, 9.17) is 14.8 Å². The van der Waals surface area contributed by atoms with Crippen LogP contribution in [0.3, 0.4) is 0 Å². The maximum Gasteiger partial charge on any atom is 0.266 e. The zero-order chi connectivity index (χ0) is 20.4. The number of nitrogens with zero attached hydrogens (tertiary/aromatic N) is 2. The first-order chi connectivity index (χ1) is 14.1. The van der Waals surface area contributed by atoms with E-state index in [9.17, 15) is 4.79 Å². The summed E-state index contributed by atoms with van der Waals surface area (Å²) < 4.78 is 8.13. The number of ether oxygens (including phenoxy) is 1. The van der Waals surface area contributed by atoms with Gasteiger partial charge in [0.25, 0.3) is 5.56 Å². The lowest BCUT2D eigenvalue weighted by Crippen LogP contribution is -2.22. The van der Waals surface area contributed by atoms with Gasteiger partial charge in [0, 0.05) is 10.0 Å². The molecule has 0 bridgehead atoms. The second kappa shape index (κ2) is 8.19. The fraction of sp³-hybridized carbons (Fsp3) is 0.130. The third kappa shape index (κ3) is 3.81. The summed E-state index contributed by atoms with van der Waals surface area (Å²) >= 11 is 3.44. The van der Waals surface area contributed by atoms with Crippen molar-refractivity contribution < 1.29 is 9.84 Å². The first kappa shape index (κ1) is 19.4. The van der Waals surface area contributed by atoms with Crippen LogP contribution in [0.4, 0.5) is 0 Å². The number of aryl methyl sites for hydroxylation is 1. The average molecular weight is 451 g/mol. The van der Waals surface area contributed by atoms with Gasteiger partial charge in [-0.25, -0.2) is 4.98 Å². The fourth-order valence-electron chi connectivity index (χ4n) is 3.26. The molecular formula is C23H19BrN2O3. The highest BCUT2D eigenvalue weighted by Crippen LogP contribution is 2.27. The SMILES string of the molecule is Cc1cc(-c2nc3ccccc3c(=O)n2-c2ccc(Br)cc2)ccc1OCCO. The van der Waals surface area contributed by atoms with Gasteiger partial charge >= 0.3 is 0 Å². The molecule has 0 unspecified atom stereocenters. The van der Waals surface area contributed by atoms with E-state index < -0.39 is 0 Å². The van der Waals surface area contributed by atoms with E-state index in [1.165, 1.54) is 0 Å².